The van der Waals surface area contributed by atoms with Crippen LogP contribution in [0.3, 0.4) is 0 Å². The van der Waals surface area contributed by atoms with E-state index in [9.17, 15) is 4.79 Å². The van der Waals surface area contributed by atoms with Gasteiger partial charge in [-0.2, -0.15) is 0 Å². The summed E-state index contributed by atoms with van der Waals surface area (Å²) in [6.45, 7) is 6.94. The Hall–Kier alpha value is -0.650. The van der Waals surface area contributed by atoms with Crippen LogP contribution in [-0.4, -0.2) is 56.9 Å². The number of hydrogen-bond donors (Lipinski definition) is 1. The van der Waals surface area contributed by atoms with E-state index in [0.29, 0.717) is 19.8 Å². The SMILES string of the molecule is CCOCCN(CC)C(CN)C(=O)OC. The first-order chi connectivity index (χ1) is 7.21. The molecule has 0 bridgehead atoms. The van der Waals surface area contributed by atoms with Crippen LogP contribution < -0.4 is 5.73 Å². The number of hydrogen-bond acceptors (Lipinski definition) is 5. The minimum Gasteiger partial charge on any atom is -0.468 e. The molecule has 0 amide bonds. The largest absolute Gasteiger partial charge is 0.468 e. The first kappa shape index (κ1) is 14.3. The highest BCUT2D eigenvalue weighted by Gasteiger charge is 2.23. The molecule has 15 heavy (non-hydrogen) atoms. The molecule has 0 saturated carbocycles. The molecule has 0 aliphatic rings. The summed E-state index contributed by atoms with van der Waals surface area (Å²) in [5.74, 6) is -0.282. The van der Waals surface area contributed by atoms with Gasteiger partial charge in [0.15, 0.2) is 0 Å². The maximum atomic E-state index is 11.4. The Balaban J connectivity index is 4.14. The highest BCUT2D eigenvalue weighted by Crippen LogP contribution is 2.00. The lowest BCUT2D eigenvalue weighted by molar-refractivity contribution is -0.146. The van der Waals surface area contributed by atoms with Crippen molar-refractivity contribution in [1.82, 2.24) is 4.90 Å². The molecule has 1 unspecified atom stereocenters. The summed E-state index contributed by atoms with van der Waals surface area (Å²) < 4.78 is 9.93. The molecule has 2 N–H and O–H groups in total. The predicted octanol–water partition coefficient (Wildman–Crippen LogP) is -0.155. The van der Waals surface area contributed by atoms with Crippen LogP contribution in [0.5, 0.6) is 0 Å². The Bertz CT molecular complexity index is 176. The van der Waals surface area contributed by atoms with Crippen molar-refractivity contribution in [2.24, 2.45) is 5.73 Å². The molecule has 0 aromatic heterocycles. The van der Waals surface area contributed by atoms with Crippen molar-refractivity contribution in [2.45, 2.75) is 19.9 Å². The number of rotatable bonds is 8. The first-order valence-corrected chi connectivity index (χ1v) is 5.30. The molecule has 0 aliphatic heterocycles. The zero-order valence-electron chi connectivity index (χ0n) is 9.86. The third-order valence-electron chi connectivity index (χ3n) is 2.27. The van der Waals surface area contributed by atoms with Gasteiger partial charge in [-0.05, 0) is 13.5 Å². The van der Waals surface area contributed by atoms with Gasteiger partial charge in [0.05, 0.1) is 13.7 Å². The van der Waals surface area contributed by atoms with E-state index in [1.54, 1.807) is 0 Å². The van der Waals surface area contributed by atoms with E-state index >= 15 is 0 Å². The second-order valence-electron chi connectivity index (χ2n) is 3.10. The fourth-order valence-corrected chi connectivity index (χ4v) is 1.39. The molecular weight excluding hydrogens is 196 g/mol. The average molecular weight is 218 g/mol. The van der Waals surface area contributed by atoms with Crippen molar-refractivity contribution in [3.63, 3.8) is 0 Å². The number of likely N-dealkylation sites (N-methyl/N-ethyl adjacent to an activating group) is 1. The van der Waals surface area contributed by atoms with E-state index in [2.05, 4.69) is 0 Å². The van der Waals surface area contributed by atoms with E-state index in [4.69, 9.17) is 15.2 Å². The third kappa shape index (κ3) is 5.11. The molecule has 0 spiro atoms. The van der Waals surface area contributed by atoms with E-state index in [0.717, 1.165) is 6.54 Å². The average Bonchev–Trinajstić information content (AvgIpc) is 2.27. The van der Waals surface area contributed by atoms with Gasteiger partial charge in [0.25, 0.3) is 0 Å². The molecule has 0 fully saturated rings. The summed E-state index contributed by atoms with van der Waals surface area (Å²) >= 11 is 0. The highest BCUT2D eigenvalue weighted by atomic mass is 16.5. The smallest absolute Gasteiger partial charge is 0.324 e. The van der Waals surface area contributed by atoms with Crippen LogP contribution in [0.15, 0.2) is 0 Å². The number of carbonyl (C=O) groups is 1. The number of ether oxygens (including phenoxy) is 2. The molecule has 0 rings (SSSR count). The topological polar surface area (TPSA) is 64.8 Å². The fourth-order valence-electron chi connectivity index (χ4n) is 1.39. The van der Waals surface area contributed by atoms with E-state index in [1.165, 1.54) is 7.11 Å². The Morgan fingerprint density at radius 1 is 1.47 bits per heavy atom. The molecule has 0 aromatic carbocycles. The Morgan fingerprint density at radius 2 is 2.13 bits per heavy atom. The van der Waals surface area contributed by atoms with Gasteiger partial charge in [-0.3, -0.25) is 9.69 Å². The van der Waals surface area contributed by atoms with Crippen molar-refractivity contribution < 1.29 is 14.3 Å². The quantitative estimate of drug-likeness (QED) is 0.453. The third-order valence-corrected chi connectivity index (χ3v) is 2.27. The van der Waals surface area contributed by atoms with Crippen LogP contribution in [0.2, 0.25) is 0 Å². The van der Waals surface area contributed by atoms with Gasteiger partial charge in [0, 0.05) is 19.7 Å². The van der Waals surface area contributed by atoms with Crippen LogP contribution >= 0.6 is 0 Å². The lowest BCUT2D eigenvalue weighted by Gasteiger charge is -2.27. The molecule has 5 nitrogen and oxygen atoms in total. The van der Waals surface area contributed by atoms with Gasteiger partial charge >= 0.3 is 5.97 Å². The lowest BCUT2D eigenvalue weighted by Crippen LogP contribution is -2.47. The van der Waals surface area contributed by atoms with Gasteiger partial charge in [-0.15, -0.1) is 0 Å². The second kappa shape index (κ2) is 8.64. The summed E-state index contributed by atoms with van der Waals surface area (Å²) in [5.41, 5.74) is 5.55. The second-order valence-corrected chi connectivity index (χ2v) is 3.10. The Labute approximate surface area is 91.5 Å². The van der Waals surface area contributed by atoms with Crippen LogP contribution in [-0.2, 0) is 14.3 Å². The Kier molecular flexibility index (Phi) is 8.27. The molecular formula is C10H22N2O3. The van der Waals surface area contributed by atoms with Crippen molar-refractivity contribution in [2.75, 3.05) is 40.0 Å². The fraction of sp³-hybridized carbons (Fsp3) is 0.900. The van der Waals surface area contributed by atoms with E-state index in [1.807, 2.05) is 18.7 Å². The van der Waals surface area contributed by atoms with Gasteiger partial charge in [0.1, 0.15) is 6.04 Å². The standard InChI is InChI=1S/C10H22N2O3/c1-4-12(6-7-15-5-2)9(8-11)10(13)14-3/h9H,4-8,11H2,1-3H3. The highest BCUT2D eigenvalue weighted by molar-refractivity contribution is 5.75. The molecule has 0 aliphatic carbocycles. The van der Waals surface area contributed by atoms with Gasteiger partial charge < -0.3 is 15.2 Å². The van der Waals surface area contributed by atoms with Gasteiger partial charge in [0.2, 0.25) is 0 Å². The van der Waals surface area contributed by atoms with Gasteiger partial charge in [-0.25, -0.2) is 0 Å². The summed E-state index contributed by atoms with van der Waals surface area (Å²) in [6, 6.07) is -0.361. The van der Waals surface area contributed by atoms with Crippen molar-refractivity contribution in [3.8, 4) is 0 Å². The van der Waals surface area contributed by atoms with Crippen LogP contribution in [0, 0.1) is 0 Å². The summed E-state index contributed by atoms with van der Waals surface area (Å²) in [6.07, 6.45) is 0. The maximum absolute atomic E-state index is 11.4. The number of esters is 1. The minimum atomic E-state index is -0.361. The minimum absolute atomic E-state index is 0.270. The molecule has 0 heterocycles. The molecule has 5 heteroatoms. The Morgan fingerprint density at radius 3 is 2.53 bits per heavy atom. The van der Waals surface area contributed by atoms with Gasteiger partial charge in [-0.1, -0.05) is 6.92 Å². The van der Waals surface area contributed by atoms with E-state index in [-0.39, 0.29) is 18.6 Å². The summed E-state index contributed by atoms with van der Waals surface area (Å²) in [4.78, 5) is 13.4. The monoisotopic (exact) mass is 218 g/mol. The number of nitrogens with two attached hydrogens (primary N) is 1. The normalized spacial score (nSPS) is 12.9. The maximum Gasteiger partial charge on any atom is 0.324 e. The van der Waals surface area contributed by atoms with E-state index < -0.39 is 0 Å². The predicted molar refractivity (Wildman–Crippen MR) is 58.6 cm³/mol. The van der Waals surface area contributed by atoms with Crippen LogP contribution in [0.25, 0.3) is 0 Å². The molecule has 0 saturated heterocycles. The lowest BCUT2D eigenvalue weighted by atomic mass is 10.2. The molecule has 0 aromatic rings. The molecule has 1 atom stereocenters. The number of carbonyl (C=O) groups excluding carboxylic acids is 1. The zero-order valence-corrected chi connectivity index (χ0v) is 9.86. The van der Waals surface area contributed by atoms with Crippen molar-refractivity contribution in [3.05, 3.63) is 0 Å². The first-order valence-electron chi connectivity index (χ1n) is 5.30. The van der Waals surface area contributed by atoms with Crippen molar-refractivity contribution in [1.29, 1.82) is 0 Å². The number of nitrogens with zero attached hydrogens (tertiary/aromatic N) is 1. The summed E-state index contributed by atoms with van der Waals surface area (Å²) in [5, 5.41) is 0. The van der Waals surface area contributed by atoms with Crippen LogP contribution in [0.4, 0.5) is 0 Å². The molecule has 90 valence electrons. The van der Waals surface area contributed by atoms with Crippen molar-refractivity contribution >= 4 is 5.97 Å². The summed E-state index contributed by atoms with van der Waals surface area (Å²) in [7, 11) is 1.38. The zero-order chi connectivity index (χ0) is 11.7. The molecule has 0 radical (unpaired) electrons. The number of methoxy groups -OCH3 is 1. The van der Waals surface area contributed by atoms with Crippen LogP contribution in [0.1, 0.15) is 13.8 Å².